The Morgan fingerprint density at radius 1 is 1.00 bits per heavy atom. The molecule has 0 saturated carbocycles. The Labute approximate surface area is 110 Å². The van der Waals surface area contributed by atoms with E-state index in [1.54, 1.807) is 12.4 Å². The average molecular weight is 251 g/mol. The number of anilines is 1. The zero-order valence-electron chi connectivity index (χ0n) is 10.5. The van der Waals surface area contributed by atoms with E-state index < -0.39 is 0 Å². The second-order valence-corrected chi connectivity index (χ2v) is 4.28. The number of hydrogen-bond donors (Lipinski definition) is 1. The van der Waals surface area contributed by atoms with E-state index in [9.17, 15) is 0 Å². The Balaban J connectivity index is 2.09. The summed E-state index contributed by atoms with van der Waals surface area (Å²) in [6.45, 7) is 1.92. The predicted octanol–water partition coefficient (Wildman–Crippen LogP) is 3.31. The van der Waals surface area contributed by atoms with Gasteiger partial charge in [-0.15, -0.1) is 0 Å². The molecule has 0 spiro atoms. The number of pyridine rings is 2. The molecule has 0 aliphatic carbocycles. The summed E-state index contributed by atoms with van der Waals surface area (Å²) in [7, 11) is 0. The van der Waals surface area contributed by atoms with Crippen LogP contribution < -0.4 is 10.5 Å². The molecule has 0 bridgehead atoms. The van der Waals surface area contributed by atoms with Crippen LogP contribution in [0.2, 0.25) is 0 Å². The number of aryl methyl sites for hydroxylation is 1. The van der Waals surface area contributed by atoms with Crippen LogP contribution >= 0.6 is 0 Å². The Hall–Kier alpha value is -2.62. The average Bonchev–Trinajstić information content (AvgIpc) is 2.44. The minimum Gasteiger partial charge on any atom is -0.435 e. The highest BCUT2D eigenvalue weighted by Crippen LogP contribution is 2.31. The van der Waals surface area contributed by atoms with Gasteiger partial charge in [0.15, 0.2) is 5.75 Å². The van der Waals surface area contributed by atoms with Crippen LogP contribution in [-0.2, 0) is 0 Å². The van der Waals surface area contributed by atoms with Crippen molar-refractivity contribution in [2.45, 2.75) is 6.92 Å². The van der Waals surface area contributed by atoms with Gasteiger partial charge in [0.1, 0.15) is 5.52 Å². The van der Waals surface area contributed by atoms with Crippen molar-refractivity contribution in [2.24, 2.45) is 0 Å². The predicted molar refractivity (Wildman–Crippen MR) is 75.2 cm³/mol. The molecule has 2 aromatic heterocycles. The van der Waals surface area contributed by atoms with E-state index in [2.05, 4.69) is 9.97 Å². The van der Waals surface area contributed by atoms with Gasteiger partial charge in [0.25, 0.3) is 0 Å². The Kier molecular flexibility index (Phi) is 2.76. The Morgan fingerprint density at radius 3 is 2.74 bits per heavy atom. The summed E-state index contributed by atoms with van der Waals surface area (Å²) in [6, 6.07) is 11.5. The van der Waals surface area contributed by atoms with Gasteiger partial charge in [-0.2, -0.15) is 0 Å². The number of nitrogens with two attached hydrogens (primary N) is 1. The number of rotatable bonds is 2. The van der Waals surface area contributed by atoms with E-state index in [4.69, 9.17) is 10.5 Å². The summed E-state index contributed by atoms with van der Waals surface area (Å²) in [4.78, 5) is 8.50. The van der Waals surface area contributed by atoms with Gasteiger partial charge in [0, 0.05) is 17.8 Å². The fourth-order valence-corrected chi connectivity index (χ4v) is 1.89. The standard InChI is InChI=1S/C15H13N3O/c1-10-7-9-18-15(13(10)16)19-12-6-2-4-11-5-3-8-17-14(11)12/h2-9H,16H2,1H3. The summed E-state index contributed by atoms with van der Waals surface area (Å²) in [5, 5.41) is 1.02. The number of aromatic nitrogens is 2. The molecule has 0 atom stereocenters. The second kappa shape index (κ2) is 4.57. The third-order valence-electron chi connectivity index (χ3n) is 2.97. The van der Waals surface area contributed by atoms with Gasteiger partial charge in [-0.25, -0.2) is 4.98 Å². The summed E-state index contributed by atoms with van der Waals surface area (Å²) in [6.07, 6.45) is 3.42. The van der Waals surface area contributed by atoms with Crippen LogP contribution in [0.5, 0.6) is 11.6 Å². The summed E-state index contributed by atoms with van der Waals surface area (Å²) in [5.41, 5.74) is 8.26. The summed E-state index contributed by atoms with van der Waals surface area (Å²) in [5.74, 6) is 1.07. The summed E-state index contributed by atoms with van der Waals surface area (Å²) < 4.78 is 5.80. The maximum Gasteiger partial charge on any atom is 0.243 e. The molecular formula is C15H13N3O. The fourth-order valence-electron chi connectivity index (χ4n) is 1.89. The minimum atomic E-state index is 0.415. The van der Waals surface area contributed by atoms with Gasteiger partial charge in [-0.3, -0.25) is 4.98 Å². The lowest BCUT2D eigenvalue weighted by molar-refractivity contribution is 0.469. The molecule has 19 heavy (non-hydrogen) atoms. The normalized spacial score (nSPS) is 10.6. The highest BCUT2D eigenvalue weighted by atomic mass is 16.5. The molecule has 3 aromatic rings. The molecule has 0 aliphatic rings. The largest absolute Gasteiger partial charge is 0.435 e. The first-order valence-corrected chi connectivity index (χ1v) is 5.98. The quantitative estimate of drug-likeness (QED) is 0.759. The molecule has 0 radical (unpaired) electrons. The van der Waals surface area contributed by atoms with E-state index in [0.29, 0.717) is 17.3 Å². The van der Waals surface area contributed by atoms with Gasteiger partial charge in [-0.05, 0) is 30.7 Å². The van der Waals surface area contributed by atoms with Crippen LogP contribution in [0.3, 0.4) is 0 Å². The number of nitrogens with zero attached hydrogens (tertiary/aromatic N) is 2. The van der Waals surface area contributed by atoms with E-state index in [1.165, 1.54) is 0 Å². The molecule has 0 amide bonds. The monoisotopic (exact) mass is 251 g/mol. The van der Waals surface area contributed by atoms with Crippen molar-refractivity contribution in [3.8, 4) is 11.6 Å². The molecular weight excluding hydrogens is 238 g/mol. The maximum atomic E-state index is 5.97. The molecule has 4 heteroatoms. The third-order valence-corrected chi connectivity index (χ3v) is 2.97. The molecule has 1 aromatic carbocycles. The smallest absolute Gasteiger partial charge is 0.243 e. The van der Waals surface area contributed by atoms with Crippen LogP contribution in [0.25, 0.3) is 10.9 Å². The third kappa shape index (κ3) is 2.08. The van der Waals surface area contributed by atoms with Crippen LogP contribution in [0.4, 0.5) is 5.69 Å². The van der Waals surface area contributed by atoms with Gasteiger partial charge in [-0.1, -0.05) is 18.2 Å². The molecule has 4 nitrogen and oxygen atoms in total. The van der Waals surface area contributed by atoms with Crippen molar-refractivity contribution in [1.29, 1.82) is 0 Å². The molecule has 2 N–H and O–H groups in total. The molecule has 3 rings (SSSR count). The second-order valence-electron chi connectivity index (χ2n) is 4.28. The Morgan fingerprint density at radius 2 is 1.84 bits per heavy atom. The van der Waals surface area contributed by atoms with E-state index >= 15 is 0 Å². The van der Waals surface area contributed by atoms with Crippen LogP contribution in [0.1, 0.15) is 5.56 Å². The first-order valence-electron chi connectivity index (χ1n) is 5.98. The molecule has 2 heterocycles. The molecule has 94 valence electrons. The van der Waals surface area contributed by atoms with Crippen LogP contribution in [0.15, 0.2) is 48.8 Å². The minimum absolute atomic E-state index is 0.415. The van der Waals surface area contributed by atoms with Crippen molar-refractivity contribution in [3.63, 3.8) is 0 Å². The maximum absolute atomic E-state index is 5.97. The van der Waals surface area contributed by atoms with Gasteiger partial charge < -0.3 is 10.5 Å². The van der Waals surface area contributed by atoms with Crippen molar-refractivity contribution < 1.29 is 4.74 Å². The van der Waals surface area contributed by atoms with Crippen molar-refractivity contribution in [3.05, 3.63) is 54.4 Å². The highest BCUT2D eigenvalue weighted by Gasteiger charge is 2.09. The number of ether oxygens (including phenoxy) is 1. The molecule has 0 saturated heterocycles. The van der Waals surface area contributed by atoms with Gasteiger partial charge in [0.2, 0.25) is 5.88 Å². The van der Waals surface area contributed by atoms with Gasteiger partial charge >= 0.3 is 0 Å². The summed E-state index contributed by atoms with van der Waals surface area (Å²) >= 11 is 0. The molecule has 0 fully saturated rings. The Bertz CT molecular complexity index is 735. The van der Waals surface area contributed by atoms with E-state index in [-0.39, 0.29) is 0 Å². The molecule has 0 aliphatic heterocycles. The first-order chi connectivity index (χ1) is 9.25. The van der Waals surface area contributed by atoms with E-state index in [1.807, 2.05) is 43.3 Å². The first kappa shape index (κ1) is 11.5. The number of para-hydroxylation sites is 1. The van der Waals surface area contributed by atoms with Gasteiger partial charge in [0.05, 0.1) is 5.69 Å². The number of hydrogen-bond acceptors (Lipinski definition) is 4. The number of nitrogen functional groups attached to an aromatic ring is 1. The van der Waals surface area contributed by atoms with Crippen molar-refractivity contribution in [1.82, 2.24) is 9.97 Å². The zero-order chi connectivity index (χ0) is 13.2. The lowest BCUT2D eigenvalue weighted by atomic mass is 10.2. The molecule has 0 unspecified atom stereocenters. The fraction of sp³-hybridized carbons (Fsp3) is 0.0667. The van der Waals surface area contributed by atoms with Crippen molar-refractivity contribution in [2.75, 3.05) is 5.73 Å². The lowest BCUT2D eigenvalue weighted by Crippen LogP contribution is -1.97. The number of benzene rings is 1. The zero-order valence-corrected chi connectivity index (χ0v) is 10.5. The van der Waals surface area contributed by atoms with E-state index in [0.717, 1.165) is 16.5 Å². The van der Waals surface area contributed by atoms with Crippen molar-refractivity contribution >= 4 is 16.6 Å². The SMILES string of the molecule is Cc1ccnc(Oc2cccc3cccnc23)c1N. The highest BCUT2D eigenvalue weighted by molar-refractivity contribution is 5.84. The van der Waals surface area contributed by atoms with Crippen LogP contribution in [-0.4, -0.2) is 9.97 Å². The number of fused-ring (bicyclic) bond motifs is 1. The lowest BCUT2D eigenvalue weighted by Gasteiger charge is -2.10. The van der Waals surface area contributed by atoms with Crippen LogP contribution in [0, 0.1) is 6.92 Å². The topological polar surface area (TPSA) is 61.0 Å².